The molecule has 19 heavy (non-hydrogen) atoms. The van der Waals surface area contributed by atoms with Crippen LogP contribution in [0.4, 0.5) is 5.69 Å². The van der Waals surface area contributed by atoms with E-state index in [0.717, 1.165) is 5.56 Å². The normalized spacial score (nSPS) is 12.3. The van der Waals surface area contributed by atoms with Crippen molar-refractivity contribution in [3.05, 3.63) is 35.9 Å². The number of benzene rings is 1. The Kier molecular flexibility index (Phi) is 5.60. The first-order valence-electron chi connectivity index (χ1n) is 6.07. The zero-order valence-electron chi connectivity index (χ0n) is 10.8. The van der Waals surface area contributed by atoms with E-state index in [2.05, 4.69) is 5.32 Å². The van der Waals surface area contributed by atoms with E-state index in [4.69, 9.17) is 10.8 Å². The van der Waals surface area contributed by atoms with Gasteiger partial charge in [-0.1, -0.05) is 19.1 Å². The van der Waals surface area contributed by atoms with Crippen LogP contribution < -0.4 is 11.1 Å². The molecule has 0 saturated carbocycles. The maximum Gasteiger partial charge on any atom is 0.305 e. The minimum atomic E-state index is -0.922. The van der Waals surface area contributed by atoms with Gasteiger partial charge in [0.15, 0.2) is 0 Å². The molecule has 1 unspecified atom stereocenters. The predicted molar refractivity (Wildman–Crippen MR) is 74.4 cm³/mol. The van der Waals surface area contributed by atoms with Crippen LogP contribution in [0.3, 0.4) is 0 Å². The number of aliphatic carboxylic acids is 1. The number of nitrogen functional groups attached to an aromatic ring is 1. The van der Waals surface area contributed by atoms with Gasteiger partial charge in [0.2, 0.25) is 5.91 Å². The number of rotatable bonds is 6. The van der Waals surface area contributed by atoms with E-state index >= 15 is 0 Å². The van der Waals surface area contributed by atoms with Crippen LogP contribution in [0.1, 0.15) is 25.3 Å². The fourth-order valence-electron chi connectivity index (χ4n) is 1.54. The van der Waals surface area contributed by atoms with Crippen molar-refractivity contribution in [3.8, 4) is 0 Å². The first-order chi connectivity index (χ1) is 9.01. The van der Waals surface area contributed by atoms with Crippen molar-refractivity contribution in [2.45, 2.75) is 25.8 Å². The fourth-order valence-corrected chi connectivity index (χ4v) is 1.54. The van der Waals surface area contributed by atoms with Gasteiger partial charge in [0.1, 0.15) is 0 Å². The van der Waals surface area contributed by atoms with Crippen LogP contribution in [-0.4, -0.2) is 23.0 Å². The molecule has 0 aliphatic carbocycles. The summed E-state index contributed by atoms with van der Waals surface area (Å²) in [5, 5.41) is 11.3. The van der Waals surface area contributed by atoms with Gasteiger partial charge in [-0.2, -0.15) is 0 Å². The summed E-state index contributed by atoms with van der Waals surface area (Å²) in [5.74, 6) is -1.22. The Hall–Kier alpha value is -2.30. The van der Waals surface area contributed by atoms with Crippen molar-refractivity contribution in [3.63, 3.8) is 0 Å². The lowest BCUT2D eigenvalue weighted by molar-refractivity contribution is -0.137. The van der Waals surface area contributed by atoms with Gasteiger partial charge in [0, 0.05) is 17.8 Å². The number of hydrogen-bond acceptors (Lipinski definition) is 3. The number of nitrogens with one attached hydrogen (secondary N) is 1. The third-order valence-electron chi connectivity index (χ3n) is 2.62. The Morgan fingerprint density at radius 1 is 1.37 bits per heavy atom. The van der Waals surface area contributed by atoms with Crippen LogP contribution in [0.25, 0.3) is 6.08 Å². The second-order valence-corrected chi connectivity index (χ2v) is 4.21. The van der Waals surface area contributed by atoms with E-state index in [1.165, 1.54) is 6.08 Å². The van der Waals surface area contributed by atoms with Crippen LogP contribution in [-0.2, 0) is 9.59 Å². The maximum absolute atomic E-state index is 11.6. The molecule has 5 nitrogen and oxygen atoms in total. The lowest BCUT2D eigenvalue weighted by Gasteiger charge is -2.12. The number of hydrogen-bond donors (Lipinski definition) is 3. The van der Waals surface area contributed by atoms with Crippen molar-refractivity contribution in [2.75, 3.05) is 5.73 Å². The highest BCUT2D eigenvalue weighted by molar-refractivity contribution is 5.92. The molecular weight excluding hydrogens is 244 g/mol. The molecule has 0 aromatic heterocycles. The minimum absolute atomic E-state index is 0.0715. The summed E-state index contributed by atoms with van der Waals surface area (Å²) in [4.78, 5) is 22.2. The van der Waals surface area contributed by atoms with Crippen molar-refractivity contribution in [1.82, 2.24) is 5.32 Å². The van der Waals surface area contributed by atoms with E-state index < -0.39 is 5.97 Å². The van der Waals surface area contributed by atoms with Crippen molar-refractivity contribution in [2.24, 2.45) is 0 Å². The molecule has 1 rings (SSSR count). The van der Waals surface area contributed by atoms with Gasteiger partial charge >= 0.3 is 5.97 Å². The van der Waals surface area contributed by atoms with Gasteiger partial charge in [-0.25, -0.2) is 0 Å². The SMILES string of the molecule is CCC(CC(=O)O)NC(=O)/C=C/c1ccc(N)cc1. The number of carbonyl (C=O) groups excluding carboxylic acids is 1. The summed E-state index contributed by atoms with van der Waals surface area (Å²) in [6, 6.07) is 6.75. The number of anilines is 1. The molecule has 1 amide bonds. The molecule has 4 N–H and O–H groups in total. The van der Waals surface area contributed by atoms with Crippen molar-refractivity contribution in [1.29, 1.82) is 0 Å². The van der Waals surface area contributed by atoms with Gasteiger partial charge in [-0.15, -0.1) is 0 Å². The number of nitrogens with two attached hydrogens (primary N) is 1. The third-order valence-corrected chi connectivity index (χ3v) is 2.62. The highest BCUT2D eigenvalue weighted by Crippen LogP contribution is 2.07. The zero-order valence-corrected chi connectivity index (χ0v) is 10.8. The topological polar surface area (TPSA) is 92.4 Å². The summed E-state index contributed by atoms with van der Waals surface area (Å²) in [7, 11) is 0. The van der Waals surface area contributed by atoms with Gasteiger partial charge in [-0.3, -0.25) is 9.59 Å². The van der Waals surface area contributed by atoms with Crippen molar-refractivity contribution < 1.29 is 14.7 Å². The molecule has 0 heterocycles. The van der Waals surface area contributed by atoms with E-state index in [9.17, 15) is 9.59 Å². The van der Waals surface area contributed by atoms with E-state index in [1.807, 2.05) is 6.92 Å². The number of carboxylic acid groups (broad SMARTS) is 1. The van der Waals surface area contributed by atoms with Gasteiger partial charge in [0.05, 0.1) is 6.42 Å². The third kappa shape index (κ3) is 5.72. The molecule has 102 valence electrons. The molecule has 0 radical (unpaired) electrons. The maximum atomic E-state index is 11.6. The number of amides is 1. The standard InChI is InChI=1S/C14H18N2O3/c1-2-12(9-14(18)19)16-13(17)8-5-10-3-6-11(15)7-4-10/h3-8,12H,2,9,15H2,1H3,(H,16,17)(H,18,19)/b8-5+. The second kappa shape index (κ2) is 7.20. The van der Waals surface area contributed by atoms with Crippen LogP contribution in [0.2, 0.25) is 0 Å². The molecule has 5 heteroatoms. The summed E-state index contributed by atoms with van der Waals surface area (Å²) in [6.45, 7) is 1.83. The summed E-state index contributed by atoms with van der Waals surface area (Å²) >= 11 is 0. The molecule has 0 bridgehead atoms. The molecular formula is C14H18N2O3. The van der Waals surface area contributed by atoms with E-state index in [-0.39, 0.29) is 18.4 Å². The monoisotopic (exact) mass is 262 g/mol. The average Bonchev–Trinajstić information content (AvgIpc) is 2.36. The summed E-state index contributed by atoms with van der Waals surface area (Å²) in [5.41, 5.74) is 7.07. The Morgan fingerprint density at radius 3 is 2.53 bits per heavy atom. The van der Waals surface area contributed by atoms with Crippen LogP contribution >= 0.6 is 0 Å². The number of carbonyl (C=O) groups is 2. The fraction of sp³-hybridized carbons (Fsp3) is 0.286. The van der Waals surface area contributed by atoms with Gasteiger partial charge < -0.3 is 16.2 Å². The zero-order chi connectivity index (χ0) is 14.3. The van der Waals surface area contributed by atoms with Crippen molar-refractivity contribution >= 4 is 23.6 Å². The van der Waals surface area contributed by atoms with Crippen LogP contribution in [0, 0.1) is 0 Å². The Morgan fingerprint density at radius 2 is 2.00 bits per heavy atom. The molecule has 0 aliphatic heterocycles. The average molecular weight is 262 g/mol. The second-order valence-electron chi connectivity index (χ2n) is 4.21. The Bertz CT molecular complexity index is 466. The Labute approximate surface area is 112 Å². The van der Waals surface area contributed by atoms with E-state index in [1.54, 1.807) is 30.3 Å². The van der Waals surface area contributed by atoms with Crippen LogP contribution in [0.5, 0.6) is 0 Å². The van der Waals surface area contributed by atoms with E-state index in [0.29, 0.717) is 12.1 Å². The summed E-state index contributed by atoms with van der Waals surface area (Å²) < 4.78 is 0. The molecule has 0 spiro atoms. The molecule has 1 aromatic carbocycles. The van der Waals surface area contributed by atoms with Crippen LogP contribution in [0.15, 0.2) is 30.3 Å². The minimum Gasteiger partial charge on any atom is -0.481 e. The quantitative estimate of drug-likeness (QED) is 0.537. The lowest BCUT2D eigenvalue weighted by Crippen LogP contribution is -2.34. The van der Waals surface area contributed by atoms with Gasteiger partial charge in [-0.05, 0) is 30.2 Å². The molecule has 1 atom stereocenters. The predicted octanol–water partition coefficient (Wildman–Crippen LogP) is 1.65. The first kappa shape index (κ1) is 14.8. The number of carboxylic acids is 1. The highest BCUT2D eigenvalue weighted by Gasteiger charge is 2.12. The molecule has 1 aromatic rings. The van der Waals surface area contributed by atoms with Gasteiger partial charge in [0.25, 0.3) is 0 Å². The highest BCUT2D eigenvalue weighted by atomic mass is 16.4. The first-order valence-corrected chi connectivity index (χ1v) is 6.07. The molecule has 0 saturated heterocycles. The lowest BCUT2D eigenvalue weighted by atomic mass is 10.1. The summed E-state index contributed by atoms with van der Waals surface area (Å²) in [6.07, 6.45) is 3.55. The smallest absolute Gasteiger partial charge is 0.305 e. The molecule has 0 aliphatic rings. The molecule has 0 fully saturated rings. The Balaban J connectivity index is 2.54. The largest absolute Gasteiger partial charge is 0.481 e.